The van der Waals surface area contributed by atoms with Crippen molar-refractivity contribution >= 4 is 42.9 Å². The molecule has 1 aromatic rings. The summed E-state index contributed by atoms with van der Waals surface area (Å²) in [5, 5.41) is 0.529. The van der Waals surface area contributed by atoms with Gasteiger partial charge in [0.25, 0.3) is 9.05 Å². The molecule has 0 bridgehead atoms. The molecule has 0 amide bonds. The van der Waals surface area contributed by atoms with Crippen molar-refractivity contribution in [1.82, 2.24) is 0 Å². The summed E-state index contributed by atoms with van der Waals surface area (Å²) in [7, 11) is 1.39. The van der Waals surface area contributed by atoms with Crippen LogP contribution in [0.25, 0.3) is 0 Å². The van der Waals surface area contributed by atoms with E-state index in [1.54, 1.807) is 6.92 Å². The van der Waals surface area contributed by atoms with Crippen LogP contribution in [0.3, 0.4) is 0 Å². The molecule has 0 radical (unpaired) electrons. The first-order valence-electron chi connectivity index (χ1n) is 3.22. The van der Waals surface area contributed by atoms with E-state index in [4.69, 9.17) is 33.9 Å². The van der Waals surface area contributed by atoms with Crippen LogP contribution in [0.2, 0.25) is 10.0 Å². The molecule has 0 heterocycles. The quantitative estimate of drug-likeness (QED) is 0.726. The molecule has 1 rings (SSSR count). The van der Waals surface area contributed by atoms with Gasteiger partial charge in [0.2, 0.25) is 0 Å². The Balaban J connectivity index is 3.56. The Kier molecular flexibility index (Phi) is 3.12. The van der Waals surface area contributed by atoms with Crippen molar-refractivity contribution < 1.29 is 8.42 Å². The second kappa shape index (κ2) is 3.65. The first-order valence-corrected chi connectivity index (χ1v) is 6.29. The molecule has 0 aliphatic heterocycles. The van der Waals surface area contributed by atoms with Gasteiger partial charge in [-0.3, -0.25) is 0 Å². The second-order valence-electron chi connectivity index (χ2n) is 2.45. The highest BCUT2D eigenvalue weighted by molar-refractivity contribution is 8.13. The average Bonchev–Trinajstić information content (AvgIpc) is 1.94. The van der Waals surface area contributed by atoms with E-state index in [1.165, 1.54) is 12.1 Å². The molecule has 0 N–H and O–H groups in total. The van der Waals surface area contributed by atoms with Crippen LogP contribution in [0.15, 0.2) is 17.0 Å². The van der Waals surface area contributed by atoms with Crippen LogP contribution in [-0.2, 0) is 9.05 Å². The van der Waals surface area contributed by atoms with E-state index in [2.05, 4.69) is 0 Å². The Morgan fingerprint density at radius 3 is 2.23 bits per heavy atom. The molecule has 0 unspecified atom stereocenters. The highest BCUT2D eigenvalue weighted by Gasteiger charge is 2.16. The van der Waals surface area contributed by atoms with Gasteiger partial charge in [0, 0.05) is 20.7 Å². The van der Waals surface area contributed by atoms with Gasteiger partial charge in [0.15, 0.2) is 0 Å². The van der Waals surface area contributed by atoms with Gasteiger partial charge in [-0.15, -0.1) is 0 Å². The zero-order valence-corrected chi connectivity index (χ0v) is 9.60. The summed E-state index contributed by atoms with van der Waals surface area (Å²) >= 11 is 11.3. The fraction of sp³-hybridized carbons (Fsp3) is 0.143. The lowest BCUT2D eigenvalue weighted by molar-refractivity contribution is 0.609. The molecule has 0 saturated carbocycles. The lowest BCUT2D eigenvalue weighted by Crippen LogP contribution is -1.95. The van der Waals surface area contributed by atoms with Gasteiger partial charge in [-0.2, -0.15) is 0 Å². The molecule has 0 fully saturated rings. The van der Waals surface area contributed by atoms with Crippen LogP contribution in [0.1, 0.15) is 5.56 Å². The third-order valence-corrected chi connectivity index (χ3v) is 3.58. The smallest absolute Gasteiger partial charge is 0.207 e. The van der Waals surface area contributed by atoms with E-state index in [0.717, 1.165) is 0 Å². The van der Waals surface area contributed by atoms with Crippen molar-refractivity contribution in [2.45, 2.75) is 11.8 Å². The van der Waals surface area contributed by atoms with E-state index < -0.39 is 9.05 Å². The summed E-state index contributed by atoms with van der Waals surface area (Å²) in [5.41, 5.74) is 0.404. The lowest BCUT2D eigenvalue weighted by Gasteiger charge is -2.04. The van der Waals surface area contributed by atoms with Crippen LogP contribution in [0.5, 0.6) is 0 Å². The number of rotatable bonds is 1. The Labute approximate surface area is 90.8 Å². The van der Waals surface area contributed by atoms with Gasteiger partial charge < -0.3 is 0 Å². The summed E-state index contributed by atoms with van der Waals surface area (Å²) in [6, 6.07) is 2.73. The summed E-state index contributed by atoms with van der Waals surface area (Å²) < 4.78 is 22.0. The molecular weight excluding hydrogens is 255 g/mol. The van der Waals surface area contributed by atoms with Crippen molar-refractivity contribution in [2.75, 3.05) is 0 Å². The number of hydrogen-bond donors (Lipinski definition) is 0. The molecule has 0 spiro atoms. The minimum Gasteiger partial charge on any atom is -0.207 e. The first-order chi connectivity index (χ1) is 5.82. The minimum atomic E-state index is -3.78. The van der Waals surface area contributed by atoms with Gasteiger partial charge >= 0.3 is 0 Å². The Bertz CT molecular complexity index is 439. The molecule has 2 nitrogen and oxygen atoms in total. The van der Waals surface area contributed by atoms with Crippen LogP contribution in [-0.4, -0.2) is 8.42 Å². The van der Waals surface area contributed by atoms with E-state index in [-0.39, 0.29) is 14.9 Å². The van der Waals surface area contributed by atoms with Crippen molar-refractivity contribution in [2.24, 2.45) is 0 Å². The highest BCUT2D eigenvalue weighted by atomic mass is 35.7. The third-order valence-electron chi connectivity index (χ3n) is 1.52. The maximum atomic E-state index is 11.0. The third kappa shape index (κ3) is 2.50. The second-order valence-corrected chi connectivity index (χ2v) is 5.83. The van der Waals surface area contributed by atoms with E-state index in [9.17, 15) is 8.42 Å². The van der Waals surface area contributed by atoms with E-state index >= 15 is 0 Å². The fourth-order valence-electron chi connectivity index (χ4n) is 0.875. The Morgan fingerprint density at radius 2 is 1.77 bits per heavy atom. The van der Waals surface area contributed by atoms with Crippen molar-refractivity contribution in [3.05, 3.63) is 27.7 Å². The molecule has 13 heavy (non-hydrogen) atoms. The zero-order chi connectivity index (χ0) is 10.2. The van der Waals surface area contributed by atoms with Crippen molar-refractivity contribution in [3.8, 4) is 0 Å². The van der Waals surface area contributed by atoms with Crippen LogP contribution in [0, 0.1) is 6.92 Å². The first kappa shape index (κ1) is 11.1. The van der Waals surface area contributed by atoms with E-state index in [0.29, 0.717) is 5.56 Å². The molecule has 1 aromatic carbocycles. The summed E-state index contributed by atoms with van der Waals surface area (Å²) in [6.07, 6.45) is 0. The summed E-state index contributed by atoms with van der Waals surface area (Å²) in [4.78, 5) is -0.0494. The standard InChI is InChI=1S/C7H5Cl3O2S/c1-4-6(9)2-5(8)3-7(4)13(10,11)12/h2-3H,1H3. The van der Waals surface area contributed by atoms with Crippen LogP contribution in [0.4, 0.5) is 0 Å². The molecule has 6 heteroatoms. The number of benzene rings is 1. The molecular formula is C7H5Cl3O2S. The predicted octanol–water partition coefficient (Wildman–Crippen LogP) is 3.23. The van der Waals surface area contributed by atoms with Gasteiger partial charge in [0.05, 0.1) is 4.90 Å². The largest absolute Gasteiger partial charge is 0.261 e. The van der Waals surface area contributed by atoms with Gasteiger partial charge in [0.1, 0.15) is 0 Å². The molecule has 0 aliphatic rings. The maximum absolute atomic E-state index is 11.0. The Hall–Kier alpha value is 0.0400. The van der Waals surface area contributed by atoms with Crippen molar-refractivity contribution in [3.63, 3.8) is 0 Å². The summed E-state index contributed by atoms with van der Waals surface area (Å²) in [5.74, 6) is 0. The monoisotopic (exact) mass is 258 g/mol. The molecule has 72 valence electrons. The van der Waals surface area contributed by atoms with Gasteiger partial charge in [-0.1, -0.05) is 23.2 Å². The zero-order valence-electron chi connectivity index (χ0n) is 6.51. The topological polar surface area (TPSA) is 34.1 Å². The SMILES string of the molecule is Cc1c(Cl)cc(Cl)cc1S(=O)(=O)Cl. The average molecular weight is 260 g/mol. The predicted molar refractivity (Wildman–Crippen MR) is 54.2 cm³/mol. The lowest BCUT2D eigenvalue weighted by atomic mass is 10.2. The van der Waals surface area contributed by atoms with Gasteiger partial charge in [-0.05, 0) is 24.6 Å². The van der Waals surface area contributed by atoms with Crippen LogP contribution >= 0.6 is 33.9 Å². The summed E-state index contributed by atoms with van der Waals surface area (Å²) in [6.45, 7) is 1.56. The minimum absolute atomic E-state index is 0.0494. The van der Waals surface area contributed by atoms with E-state index in [1.807, 2.05) is 0 Å². The van der Waals surface area contributed by atoms with Crippen molar-refractivity contribution in [1.29, 1.82) is 0 Å². The molecule has 0 aromatic heterocycles. The molecule has 0 saturated heterocycles. The number of hydrogen-bond acceptors (Lipinski definition) is 2. The van der Waals surface area contributed by atoms with Crippen LogP contribution < -0.4 is 0 Å². The fourth-order valence-corrected chi connectivity index (χ4v) is 2.71. The molecule has 0 atom stereocenters. The highest BCUT2D eigenvalue weighted by Crippen LogP contribution is 2.29. The molecule has 0 aliphatic carbocycles. The Morgan fingerprint density at radius 1 is 1.23 bits per heavy atom. The maximum Gasteiger partial charge on any atom is 0.261 e. The van der Waals surface area contributed by atoms with Gasteiger partial charge in [-0.25, -0.2) is 8.42 Å². The normalized spacial score (nSPS) is 11.7. The number of halogens is 3.